The van der Waals surface area contributed by atoms with Gasteiger partial charge in [0.05, 0.1) is 23.8 Å². The van der Waals surface area contributed by atoms with Crippen molar-refractivity contribution in [3.63, 3.8) is 0 Å². The van der Waals surface area contributed by atoms with Gasteiger partial charge in [-0.05, 0) is 24.3 Å². The maximum atomic E-state index is 12.6. The van der Waals surface area contributed by atoms with Crippen LogP contribution in [0.1, 0.15) is 10.4 Å². The van der Waals surface area contributed by atoms with E-state index in [1.54, 1.807) is 54.6 Å². The number of amides is 1. The molecule has 0 unspecified atom stereocenters. The van der Waals surface area contributed by atoms with Gasteiger partial charge >= 0.3 is 0 Å². The average Bonchev–Trinajstić information content (AvgIpc) is 3.30. The van der Waals surface area contributed by atoms with Crippen LogP contribution in [0.2, 0.25) is 0 Å². The van der Waals surface area contributed by atoms with Crippen LogP contribution in [0.25, 0.3) is 11.3 Å². The van der Waals surface area contributed by atoms with Crippen LogP contribution >= 0.6 is 11.3 Å². The maximum absolute atomic E-state index is 12.6. The van der Waals surface area contributed by atoms with Gasteiger partial charge in [-0.25, -0.2) is 4.98 Å². The zero-order valence-corrected chi connectivity index (χ0v) is 18.6. The SMILES string of the molecule is CN(C)c1ccc(C(=O)Nc2ccc(-c3csc(N4CCOCC4)n3)cc2)cc1[N+](=O)[O-]. The van der Waals surface area contributed by atoms with E-state index in [-0.39, 0.29) is 11.3 Å². The minimum Gasteiger partial charge on any atom is -0.378 e. The van der Waals surface area contributed by atoms with Crippen molar-refractivity contribution in [1.82, 2.24) is 4.98 Å². The first-order chi connectivity index (χ1) is 15.4. The van der Waals surface area contributed by atoms with Crippen molar-refractivity contribution in [1.29, 1.82) is 0 Å². The van der Waals surface area contributed by atoms with Gasteiger partial charge in [0.25, 0.3) is 11.6 Å². The Morgan fingerprint density at radius 3 is 2.56 bits per heavy atom. The van der Waals surface area contributed by atoms with Crippen molar-refractivity contribution in [2.75, 3.05) is 55.5 Å². The van der Waals surface area contributed by atoms with Crippen LogP contribution in [0.4, 0.5) is 22.2 Å². The summed E-state index contributed by atoms with van der Waals surface area (Å²) in [7, 11) is 3.44. The number of nitro benzene ring substituents is 1. The van der Waals surface area contributed by atoms with Crippen LogP contribution < -0.4 is 15.1 Å². The maximum Gasteiger partial charge on any atom is 0.293 e. The Labute approximate surface area is 189 Å². The molecule has 1 aromatic heterocycles. The molecule has 3 aromatic rings. The second kappa shape index (κ2) is 9.33. The summed E-state index contributed by atoms with van der Waals surface area (Å²) in [5.41, 5.74) is 2.98. The van der Waals surface area contributed by atoms with Crippen LogP contribution in [0.3, 0.4) is 0 Å². The van der Waals surface area contributed by atoms with Crippen LogP contribution in [-0.2, 0) is 4.74 Å². The summed E-state index contributed by atoms with van der Waals surface area (Å²) in [5, 5.41) is 17.2. The number of aromatic nitrogens is 1. The highest BCUT2D eigenvalue weighted by Crippen LogP contribution is 2.30. The molecule has 0 bridgehead atoms. The third kappa shape index (κ3) is 4.71. The summed E-state index contributed by atoms with van der Waals surface area (Å²) < 4.78 is 5.39. The fourth-order valence-corrected chi connectivity index (χ4v) is 4.30. The third-order valence-corrected chi connectivity index (χ3v) is 6.03. The number of benzene rings is 2. The summed E-state index contributed by atoms with van der Waals surface area (Å²) in [5.74, 6) is -0.408. The van der Waals surface area contributed by atoms with Gasteiger partial charge in [0.15, 0.2) is 5.13 Å². The Balaban J connectivity index is 1.46. The van der Waals surface area contributed by atoms with E-state index in [2.05, 4.69) is 10.2 Å². The molecule has 2 aromatic carbocycles. The Bertz CT molecular complexity index is 1120. The quantitative estimate of drug-likeness (QED) is 0.447. The number of morpholine rings is 1. The van der Waals surface area contributed by atoms with Crippen LogP contribution in [0, 0.1) is 10.1 Å². The summed E-state index contributed by atoms with van der Waals surface area (Å²) in [6, 6.07) is 11.8. The molecule has 1 aliphatic rings. The molecule has 9 nitrogen and oxygen atoms in total. The summed E-state index contributed by atoms with van der Waals surface area (Å²) in [4.78, 5) is 32.1. The number of thiazole rings is 1. The molecule has 0 radical (unpaired) electrons. The first-order valence-electron chi connectivity index (χ1n) is 10.1. The number of anilines is 3. The number of hydrogen-bond acceptors (Lipinski definition) is 8. The lowest BCUT2D eigenvalue weighted by molar-refractivity contribution is -0.384. The molecule has 2 heterocycles. The normalized spacial score (nSPS) is 13.6. The van der Waals surface area contributed by atoms with E-state index >= 15 is 0 Å². The zero-order valence-electron chi connectivity index (χ0n) is 17.8. The number of nitro groups is 1. The summed E-state index contributed by atoms with van der Waals surface area (Å²) in [6.07, 6.45) is 0. The molecule has 0 aliphatic carbocycles. The molecule has 10 heteroatoms. The van der Waals surface area contributed by atoms with Gasteiger partial charge in [-0.2, -0.15) is 0 Å². The molecule has 0 spiro atoms. The lowest BCUT2D eigenvalue weighted by Crippen LogP contribution is -2.36. The molecule has 0 atom stereocenters. The number of rotatable bonds is 6. The van der Waals surface area contributed by atoms with Crippen LogP contribution in [0.15, 0.2) is 47.8 Å². The van der Waals surface area contributed by atoms with Crippen molar-refractivity contribution >= 4 is 39.4 Å². The van der Waals surface area contributed by atoms with Gasteiger partial charge in [0, 0.05) is 55.4 Å². The van der Waals surface area contributed by atoms with Gasteiger partial charge in [0.2, 0.25) is 0 Å². The highest BCUT2D eigenvalue weighted by Gasteiger charge is 2.19. The van der Waals surface area contributed by atoms with Gasteiger partial charge < -0.3 is 19.9 Å². The predicted molar refractivity (Wildman–Crippen MR) is 126 cm³/mol. The van der Waals surface area contributed by atoms with Crippen molar-refractivity contribution in [2.45, 2.75) is 0 Å². The summed E-state index contributed by atoms with van der Waals surface area (Å²) >= 11 is 1.60. The molecular weight excluding hydrogens is 430 g/mol. The Kier molecular flexibility index (Phi) is 6.33. The molecule has 0 saturated carbocycles. The van der Waals surface area contributed by atoms with E-state index in [9.17, 15) is 14.9 Å². The lowest BCUT2D eigenvalue weighted by atomic mass is 10.1. The minimum absolute atomic E-state index is 0.113. The van der Waals surface area contributed by atoms with Crippen LogP contribution in [0.5, 0.6) is 0 Å². The Morgan fingerprint density at radius 2 is 1.91 bits per heavy atom. The lowest BCUT2D eigenvalue weighted by Gasteiger charge is -2.26. The van der Waals surface area contributed by atoms with Gasteiger partial charge in [0.1, 0.15) is 5.69 Å². The highest BCUT2D eigenvalue weighted by molar-refractivity contribution is 7.14. The van der Waals surface area contributed by atoms with E-state index in [0.29, 0.717) is 24.6 Å². The first-order valence-corrected chi connectivity index (χ1v) is 11.0. The number of carbonyl (C=O) groups is 1. The van der Waals surface area contributed by atoms with Crippen molar-refractivity contribution in [3.05, 3.63) is 63.5 Å². The molecule has 1 N–H and O–H groups in total. The third-order valence-electron chi connectivity index (χ3n) is 5.13. The number of nitrogens with zero attached hydrogens (tertiary/aromatic N) is 4. The second-order valence-electron chi connectivity index (χ2n) is 7.50. The molecule has 166 valence electrons. The minimum atomic E-state index is -0.486. The Morgan fingerprint density at radius 1 is 1.19 bits per heavy atom. The smallest absolute Gasteiger partial charge is 0.293 e. The first kappa shape index (κ1) is 21.7. The zero-order chi connectivity index (χ0) is 22.7. The molecule has 32 heavy (non-hydrogen) atoms. The monoisotopic (exact) mass is 453 g/mol. The molecule has 1 fully saturated rings. The predicted octanol–water partition coefficient (Wildman–Crippen LogP) is 3.87. The standard InChI is InChI=1S/C22H23N5O4S/c1-25(2)19-8-5-16(13-20(19)27(29)30)21(28)23-17-6-3-15(4-7-17)18-14-32-22(24-18)26-9-11-31-12-10-26/h3-8,13-14H,9-12H2,1-2H3,(H,23,28). The van der Waals surface area contributed by atoms with Gasteiger partial charge in [-0.15, -0.1) is 11.3 Å². The molecule has 4 rings (SSSR count). The fraction of sp³-hybridized carbons (Fsp3) is 0.273. The van der Waals surface area contributed by atoms with E-state index in [0.717, 1.165) is 29.5 Å². The van der Waals surface area contributed by atoms with Crippen molar-refractivity contribution in [2.24, 2.45) is 0 Å². The van der Waals surface area contributed by atoms with Crippen LogP contribution in [-0.4, -0.2) is 56.2 Å². The number of hydrogen-bond donors (Lipinski definition) is 1. The topological polar surface area (TPSA) is 101 Å². The number of ether oxygens (including phenoxy) is 1. The second-order valence-corrected chi connectivity index (χ2v) is 8.34. The van der Waals surface area contributed by atoms with E-state index in [4.69, 9.17) is 9.72 Å². The largest absolute Gasteiger partial charge is 0.378 e. The molecule has 1 amide bonds. The van der Waals surface area contributed by atoms with E-state index in [1.165, 1.54) is 6.07 Å². The van der Waals surface area contributed by atoms with E-state index < -0.39 is 10.8 Å². The Hall–Kier alpha value is -3.50. The number of carbonyl (C=O) groups excluding carboxylic acids is 1. The average molecular weight is 454 g/mol. The van der Waals surface area contributed by atoms with E-state index in [1.807, 2.05) is 17.5 Å². The van der Waals surface area contributed by atoms with Crippen molar-refractivity contribution < 1.29 is 14.5 Å². The molecule has 1 aliphatic heterocycles. The highest BCUT2D eigenvalue weighted by atomic mass is 32.1. The fourth-order valence-electron chi connectivity index (χ4n) is 3.41. The van der Waals surface area contributed by atoms with Gasteiger partial charge in [-0.3, -0.25) is 14.9 Å². The van der Waals surface area contributed by atoms with Gasteiger partial charge in [-0.1, -0.05) is 12.1 Å². The molecule has 1 saturated heterocycles. The summed E-state index contributed by atoms with van der Waals surface area (Å²) in [6.45, 7) is 3.10. The van der Waals surface area contributed by atoms with Crippen molar-refractivity contribution in [3.8, 4) is 11.3 Å². The molecular formula is C22H23N5O4S. The number of nitrogens with one attached hydrogen (secondary N) is 1.